The van der Waals surface area contributed by atoms with Gasteiger partial charge >= 0.3 is 0 Å². The minimum absolute atomic E-state index is 0.155. The van der Waals surface area contributed by atoms with Crippen molar-refractivity contribution in [3.05, 3.63) is 71.3 Å². The Labute approximate surface area is 118 Å². The molecule has 0 unspecified atom stereocenters. The predicted molar refractivity (Wildman–Crippen MR) is 78.1 cm³/mol. The Morgan fingerprint density at radius 3 is 2.35 bits per heavy atom. The fraction of sp³-hybridized carbons (Fsp3) is 0.118. The van der Waals surface area contributed by atoms with Gasteiger partial charge in [0, 0.05) is 11.1 Å². The van der Waals surface area contributed by atoms with Gasteiger partial charge in [-0.25, -0.2) is 0 Å². The topological polar surface area (TPSA) is 49.3 Å². The number of terminal acetylenes is 1. The van der Waals surface area contributed by atoms with Crippen LogP contribution in [0.2, 0.25) is 0 Å². The van der Waals surface area contributed by atoms with Crippen molar-refractivity contribution in [3.63, 3.8) is 0 Å². The van der Waals surface area contributed by atoms with Crippen LogP contribution in [0.4, 0.5) is 0 Å². The zero-order chi connectivity index (χ0) is 14.4. The van der Waals surface area contributed by atoms with E-state index in [9.17, 15) is 9.90 Å². The van der Waals surface area contributed by atoms with E-state index in [1.807, 2.05) is 30.3 Å². The molecule has 0 saturated heterocycles. The molecule has 20 heavy (non-hydrogen) atoms. The minimum atomic E-state index is -0.420. The quantitative estimate of drug-likeness (QED) is 0.832. The molecule has 0 spiro atoms. The van der Waals surface area contributed by atoms with Gasteiger partial charge in [0.2, 0.25) is 0 Å². The zero-order valence-corrected chi connectivity index (χ0v) is 10.9. The van der Waals surface area contributed by atoms with Crippen molar-refractivity contribution in [2.24, 2.45) is 0 Å². The van der Waals surface area contributed by atoms with Gasteiger partial charge in [-0.05, 0) is 29.8 Å². The number of carbonyl (C=O) groups excluding carboxylic acids is 1. The van der Waals surface area contributed by atoms with Gasteiger partial charge in [0.15, 0.2) is 0 Å². The van der Waals surface area contributed by atoms with Crippen molar-refractivity contribution >= 4 is 5.91 Å². The van der Waals surface area contributed by atoms with Crippen molar-refractivity contribution in [2.75, 3.05) is 6.61 Å². The first-order valence-electron chi connectivity index (χ1n) is 6.28. The SMILES string of the molecule is C#Cc1ccc(C(=O)N[C@H](CO)c2ccccc2)cc1. The monoisotopic (exact) mass is 265 g/mol. The van der Waals surface area contributed by atoms with Crippen LogP contribution in [0, 0.1) is 12.3 Å². The van der Waals surface area contributed by atoms with Crippen LogP contribution in [0.25, 0.3) is 0 Å². The third kappa shape index (κ3) is 3.25. The normalized spacial score (nSPS) is 11.4. The predicted octanol–water partition coefficient (Wildman–Crippen LogP) is 2.13. The second-order valence-electron chi connectivity index (χ2n) is 4.34. The molecule has 0 saturated carbocycles. The molecule has 1 atom stereocenters. The standard InChI is InChI=1S/C17H15NO2/c1-2-13-8-10-15(11-9-13)17(20)18-16(12-19)14-6-4-3-5-7-14/h1,3-11,16,19H,12H2,(H,18,20)/t16-/m1/s1. The third-order valence-corrected chi connectivity index (χ3v) is 3.00. The maximum atomic E-state index is 12.1. The first-order chi connectivity index (χ1) is 9.74. The summed E-state index contributed by atoms with van der Waals surface area (Å²) in [6, 6.07) is 15.7. The Bertz CT molecular complexity index is 612. The molecule has 0 heterocycles. The molecule has 100 valence electrons. The van der Waals surface area contributed by atoms with Crippen molar-refractivity contribution in [3.8, 4) is 12.3 Å². The molecule has 2 rings (SSSR count). The van der Waals surface area contributed by atoms with Gasteiger partial charge in [-0.2, -0.15) is 0 Å². The summed E-state index contributed by atoms with van der Waals surface area (Å²) in [6.07, 6.45) is 5.27. The van der Waals surface area contributed by atoms with Crippen LogP contribution in [0.3, 0.4) is 0 Å². The fourth-order valence-corrected chi connectivity index (χ4v) is 1.88. The van der Waals surface area contributed by atoms with Crippen LogP contribution >= 0.6 is 0 Å². The first-order valence-corrected chi connectivity index (χ1v) is 6.28. The number of benzene rings is 2. The Morgan fingerprint density at radius 2 is 1.80 bits per heavy atom. The van der Waals surface area contributed by atoms with E-state index in [1.165, 1.54) is 0 Å². The van der Waals surface area contributed by atoms with Crippen molar-refractivity contribution in [1.82, 2.24) is 5.32 Å². The summed E-state index contributed by atoms with van der Waals surface area (Å²) in [5.74, 6) is 2.26. The van der Waals surface area contributed by atoms with E-state index in [0.717, 1.165) is 11.1 Å². The average Bonchev–Trinajstić information content (AvgIpc) is 2.53. The summed E-state index contributed by atoms with van der Waals surface area (Å²) in [4.78, 5) is 12.1. The Balaban J connectivity index is 2.11. The average molecular weight is 265 g/mol. The summed E-state index contributed by atoms with van der Waals surface area (Å²) in [5, 5.41) is 12.2. The maximum Gasteiger partial charge on any atom is 0.251 e. The highest BCUT2D eigenvalue weighted by molar-refractivity contribution is 5.94. The van der Waals surface area contributed by atoms with E-state index in [2.05, 4.69) is 11.2 Å². The van der Waals surface area contributed by atoms with Gasteiger partial charge in [0.05, 0.1) is 12.6 Å². The minimum Gasteiger partial charge on any atom is -0.394 e. The Morgan fingerprint density at radius 1 is 1.15 bits per heavy atom. The lowest BCUT2D eigenvalue weighted by molar-refractivity contribution is 0.0916. The van der Waals surface area contributed by atoms with E-state index < -0.39 is 6.04 Å². The van der Waals surface area contributed by atoms with Gasteiger partial charge in [-0.3, -0.25) is 4.79 Å². The molecular weight excluding hydrogens is 250 g/mol. The molecule has 0 bridgehead atoms. The molecule has 2 N–H and O–H groups in total. The van der Waals surface area contributed by atoms with Crippen molar-refractivity contribution < 1.29 is 9.90 Å². The molecule has 0 aliphatic rings. The second kappa shape index (κ2) is 6.55. The summed E-state index contributed by atoms with van der Waals surface area (Å²) < 4.78 is 0. The lowest BCUT2D eigenvalue weighted by atomic mass is 10.1. The fourth-order valence-electron chi connectivity index (χ4n) is 1.88. The molecule has 3 heteroatoms. The van der Waals surface area contributed by atoms with E-state index in [4.69, 9.17) is 6.42 Å². The van der Waals surface area contributed by atoms with E-state index in [-0.39, 0.29) is 12.5 Å². The van der Waals surface area contributed by atoms with Crippen LogP contribution in [0.1, 0.15) is 27.5 Å². The van der Waals surface area contributed by atoms with Crippen molar-refractivity contribution in [2.45, 2.75) is 6.04 Å². The molecule has 2 aromatic carbocycles. The number of nitrogens with one attached hydrogen (secondary N) is 1. The molecule has 2 aromatic rings. The maximum absolute atomic E-state index is 12.1. The summed E-state index contributed by atoms with van der Waals surface area (Å²) in [5.41, 5.74) is 2.10. The van der Waals surface area contributed by atoms with Gasteiger partial charge in [-0.1, -0.05) is 36.3 Å². The highest BCUT2D eigenvalue weighted by Gasteiger charge is 2.14. The lowest BCUT2D eigenvalue weighted by Gasteiger charge is -2.16. The summed E-state index contributed by atoms with van der Waals surface area (Å²) in [6.45, 7) is -0.155. The van der Waals surface area contributed by atoms with Crippen LogP contribution in [-0.2, 0) is 0 Å². The molecule has 0 fully saturated rings. The van der Waals surface area contributed by atoms with Gasteiger partial charge in [0.1, 0.15) is 0 Å². The number of hydrogen-bond acceptors (Lipinski definition) is 2. The van der Waals surface area contributed by atoms with E-state index in [1.54, 1.807) is 24.3 Å². The second-order valence-corrected chi connectivity index (χ2v) is 4.34. The number of aliphatic hydroxyl groups excluding tert-OH is 1. The number of carbonyl (C=O) groups is 1. The van der Waals surface area contributed by atoms with Gasteiger partial charge in [-0.15, -0.1) is 6.42 Å². The zero-order valence-electron chi connectivity index (χ0n) is 10.9. The summed E-state index contributed by atoms with van der Waals surface area (Å²) >= 11 is 0. The van der Waals surface area contributed by atoms with Gasteiger partial charge in [0.25, 0.3) is 5.91 Å². The molecule has 0 radical (unpaired) electrons. The lowest BCUT2D eigenvalue weighted by Crippen LogP contribution is -2.30. The highest BCUT2D eigenvalue weighted by atomic mass is 16.3. The highest BCUT2D eigenvalue weighted by Crippen LogP contribution is 2.13. The largest absolute Gasteiger partial charge is 0.394 e. The molecule has 0 aliphatic heterocycles. The molecule has 0 aromatic heterocycles. The van der Waals surface area contributed by atoms with Gasteiger partial charge < -0.3 is 10.4 Å². The first kappa shape index (κ1) is 13.9. The molecule has 1 amide bonds. The van der Waals surface area contributed by atoms with Crippen molar-refractivity contribution in [1.29, 1.82) is 0 Å². The summed E-state index contributed by atoms with van der Waals surface area (Å²) in [7, 11) is 0. The Hall–Kier alpha value is -2.57. The van der Waals surface area contributed by atoms with Crippen LogP contribution in [-0.4, -0.2) is 17.6 Å². The molecule has 0 aliphatic carbocycles. The molecular formula is C17H15NO2. The van der Waals surface area contributed by atoms with E-state index in [0.29, 0.717) is 5.56 Å². The third-order valence-electron chi connectivity index (χ3n) is 3.00. The molecule has 3 nitrogen and oxygen atoms in total. The number of hydrogen-bond donors (Lipinski definition) is 2. The number of rotatable bonds is 4. The Kier molecular flexibility index (Phi) is 4.54. The van der Waals surface area contributed by atoms with Crippen LogP contribution < -0.4 is 5.32 Å². The van der Waals surface area contributed by atoms with Crippen LogP contribution in [0.15, 0.2) is 54.6 Å². The number of aliphatic hydroxyl groups is 1. The van der Waals surface area contributed by atoms with Crippen LogP contribution in [0.5, 0.6) is 0 Å². The number of amides is 1. The smallest absolute Gasteiger partial charge is 0.251 e. The van der Waals surface area contributed by atoms with E-state index >= 15 is 0 Å².